The Kier molecular flexibility index (Phi) is 9.14. The van der Waals surface area contributed by atoms with Crippen molar-refractivity contribution in [3.8, 4) is 34.8 Å². The number of pyridine rings is 1. The van der Waals surface area contributed by atoms with Crippen LogP contribution in [0.5, 0.6) is 0 Å². The Morgan fingerprint density at radius 1 is 0.814 bits per heavy atom. The van der Waals surface area contributed by atoms with Crippen molar-refractivity contribution in [1.82, 2.24) is 40.5 Å². The van der Waals surface area contributed by atoms with Gasteiger partial charge in [-0.1, -0.05) is 35.5 Å². The number of rotatable bonds is 6. The van der Waals surface area contributed by atoms with Crippen LogP contribution in [0.2, 0.25) is 0 Å². The summed E-state index contributed by atoms with van der Waals surface area (Å²) in [5.41, 5.74) is 3.31. The predicted octanol–water partition coefficient (Wildman–Crippen LogP) is 2.45. The van der Waals surface area contributed by atoms with Crippen LogP contribution in [0.15, 0.2) is 77.8 Å². The summed E-state index contributed by atoms with van der Waals surface area (Å²) >= 11 is 0. The van der Waals surface area contributed by atoms with Crippen LogP contribution in [-0.2, 0) is 0 Å². The van der Waals surface area contributed by atoms with Gasteiger partial charge in [0.05, 0.1) is 0 Å². The lowest BCUT2D eigenvalue weighted by atomic mass is 10.1. The van der Waals surface area contributed by atoms with E-state index < -0.39 is 0 Å². The fraction of sp³-hybridized carbons (Fsp3) is 0.267. The molecule has 1 aromatic carbocycles. The smallest absolute Gasteiger partial charge is 0.290 e. The van der Waals surface area contributed by atoms with Crippen LogP contribution in [0.25, 0.3) is 22.4 Å². The molecule has 0 radical (unpaired) electrons. The van der Waals surface area contributed by atoms with Crippen LogP contribution in [0.3, 0.4) is 0 Å². The highest BCUT2D eigenvalue weighted by atomic mass is 16.5. The second-order valence-corrected chi connectivity index (χ2v) is 9.98. The first kappa shape index (κ1) is 28.7. The van der Waals surface area contributed by atoms with E-state index in [2.05, 4.69) is 43.1 Å². The van der Waals surface area contributed by atoms with Crippen molar-refractivity contribution in [3.05, 3.63) is 84.9 Å². The molecule has 43 heavy (non-hydrogen) atoms. The zero-order valence-corrected chi connectivity index (χ0v) is 23.1. The minimum atomic E-state index is -0.312. The van der Waals surface area contributed by atoms with Crippen molar-refractivity contribution < 1.29 is 14.1 Å². The zero-order chi connectivity index (χ0) is 30.0. The summed E-state index contributed by atoms with van der Waals surface area (Å²) in [7, 11) is 0. The lowest BCUT2D eigenvalue weighted by Gasteiger charge is -2.11. The number of carbonyl (C=O) groups excluding carboxylic acids is 2. The Morgan fingerprint density at radius 2 is 1.42 bits per heavy atom. The number of hydrogen-bond acceptors (Lipinski definition) is 11. The zero-order valence-electron chi connectivity index (χ0n) is 23.1. The molecule has 2 atom stereocenters. The normalized spacial score (nSPS) is 17.3. The van der Waals surface area contributed by atoms with E-state index in [1.165, 1.54) is 0 Å². The minimum absolute atomic E-state index is 0.0236. The molecule has 2 aliphatic rings. The largest absolute Gasteiger partial charge is 0.350 e. The SMILES string of the molecule is N#CN1CC[C@@H](NC(=O)c2cc(-c3ccncc3)no2)C1.N#CN1CC[C@@H](NC(=O)c2ncc(-c3ccccc3)cn2)C1. The van der Waals surface area contributed by atoms with Crippen molar-refractivity contribution in [2.75, 3.05) is 26.2 Å². The number of benzene rings is 1. The molecular formula is C30H28N10O3. The summed E-state index contributed by atoms with van der Waals surface area (Å²) in [4.78, 5) is 39.6. The summed E-state index contributed by atoms with van der Waals surface area (Å²) in [5.74, 6) is -0.302. The number of aromatic nitrogens is 4. The third-order valence-corrected chi connectivity index (χ3v) is 7.00. The molecular weight excluding hydrogens is 548 g/mol. The molecule has 0 bridgehead atoms. The lowest BCUT2D eigenvalue weighted by molar-refractivity contribution is 0.0899. The molecule has 6 rings (SSSR count). The van der Waals surface area contributed by atoms with Crippen molar-refractivity contribution in [1.29, 1.82) is 10.5 Å². The third kappa shape index (κ3) is 7.48. The van der Waals surface area contributed by atoms with Gasteiger partial charge in [0.1, 0.15) is 5.69 Å². The average Bonchev–Trinajstić information content (AvgIpc) is 3.84. The summed E-state index contributed by atoms with van der Waals surface area (Å²) in [6, 6.07) is 14.9. The Hall–Kier alpha value is -5.82. The molecule has 13 nitrogen and oxygen atoms in total. The second-order valence-electron chi connectivity index (χ2n) is 9.98. The van der Waals surface area contributed by atoms with Gasteiger partial charge < -0.3 is 25.0 Å². The van der Waals surface area contributed by atoms with E-state index in [4.69, 9.17) is 15.0 Å². The van der Waals surface area contributed by atoms with Gasteiger partial charge in [0.25, 0.3) is 11.8 Å². The summed E-state index contributed by atoms with van der Waals surface area (Å²) in [5, 5.41) is 27.2. The standard InChI is InChI=1S/C16H15N5O.C14H13N5O2/c17-11-21-7-6-14(10-21)20-16(22)15-18-8-13(9-19-15)12-4-2-1-3-5-12;15-9-19-6-3-11(8-19)17-14(20)13-7-12(18-21-13)10-1-4-16-5-2-10/h1-5,8-9,14H,6-7,10H2,(H,20,22);1-2,4-5,7,11H,3,6,8H2,(H,17,20)/t14-;11-/m11/s1. The van der Waals surface area contributed by atoms with E-state index in [1.807, 2.05) is 30.3 Å². The highest BCUT2D eigenvalue weighted by Crippen LogP contribution is 2.19. The van der Waals surface area contributed by atoms with E-state index in [1.54, 1.807) is 52.8 Å². The molecule has 13 heteroatoms. The van der Waals surface area contributed by atoms with Crippen LogP contribution in [0.4, 0.5) is 0 Å². The summed E-state index contributed by atoms with van der Waals surface area (Å²) in [6.45, 7) is 2.42. The maximum atomic E-state index is 12.1. The number of hydrogen-bond donors (Lipinski definition) is 2. The van der Waals surface area contributed by atoms with Gasteiger partial charge in [0, 0.05) is 80.2 Å². The summed E-state index contributed by atoms with van der Waals surface area (Å²) < 4.78 is 5.08. The van der Waals surface area contributed by atoms with Gasteiger partial charge in [-0.2, -0.15) is 10.5 Å². The van der Waals surface area contributed by atoms with Crippen molar-refractivity contribution in [3.63, 3.8) is 0 Å². The van der Waals surface area contributed by atoms with Crippen molar-refractivity contribution in [2.24, 2.45) is 0 Å². The van der Waals surface area contributed by atoms with Crippen molar-refractivity contribution in [2.45, 2.75) is 24.9 Å². The van der Waals surface area contributed by atoms with E-state index in [0.29, 0.717) is 31.9 Å². The maximum Gasteiger partial charge on any atom is 0.290 e. The van der Waals surface area contributed by atoms with Crippen LogP contribution in [-0.4, -0.2) is 80.0 Å². The van der Waals surface area contributed by atoms with Crippen LogP contribution in [0.1, 0.15) is 34.0 Å². The quantitative estimate of drug-likeness (QED) is 0.322. The number of nitrogens with zero attached hydrogens (tertiary/aromatic N) is 8. The predicted molar refractivity (Wildman–Crippen MR) is 153 cm³/mol. The van der Waals surface area contributed by atoms with Gasteiger partial charge in [0.15, 0.2) is 12.4 Å². The maximum absolute atomic E-state index is 12.1. The number of nitriles is 2. The Labute approximate surface area is 247 Å². The number of nitrogens with one attached hydrogen (secondary N) is 2. The highest BCUT2D eigenvalue weighted by molar-refractivity contribution is 5.92. The molecule has 216 valence electrons. The van der Waals surface area contributed by atoms with E-state index in [-0.39, 0.29) is 35.5 Å². The third-order valence-electron chi connectivity index (χ3n) is 7.00. The molecule has 4 aromatic rings. The van der Waals surface area contributed by atoms with Gasteiger partial charge in [-0.15, -0.1) is 0 Å². The molecule has 2 saturated heterocycles. The van der Waals surface area contributed by atoms with Gasteiger partial charge >= 0.3 is 0 Å². The van der Waals surface area contributed by atoms with E-state index >= 15 is 0 Å². The highest BCUT2D eigenvalue weighted by Gasteiger charge is 2.25. The Morgan fingerprint density at radius 3 is 2.00 bits per heavy atom. The van der Waals surface area contributed by atoms with Crippen LogP contribution < -0.4 is 10.6 Å². The van der Waals surface area contributed by atoms with Gasteiger partial charge in [-0.3, -0.25) is 14.6 Å². The average molecular weight is 577 g/mol. The van der Waals surface area contributed by atoms with Gasteiger partial charge in [-0.05, 0) is 30.5 Å². The number of likely N-dealkylation sites (tertiary alicyclic amines) is 2. The molecule has 2 amide bonds. The molecule has 3 aromatic heterocycles. The fourth-order valence-corrected chi connectivity index (χ4v) is 4.71. The van der Waals surface area contributed by atoms with E-state index in [9.17, 15) is 9.59 Å². The molecule has 0 unspecified atom stereocenters. The molecule has 5 heterocycles. The van der Waals surface area contributed by atoms with Gasteiger partial charge in [-0.25, -0.2) is 9.97 Å². The second kappa shape index (κ2) is 13.7. The lowest BCUT2D eigenvalue weighted by Crippen LogP contribution is -2.37. The number of amides is 2. The van der Waals surface area contributed by atoms with Crippen molar-refractivity contribution >= 4 is 11.8 Å². The topological polar surface area (TPSA) is 177 Å². The first-order valence-electron chi connectivity index (χ1n) is 13.7. The number of carbonyl (C=O) groups is 2. The molecule has 0 aliphatic carbocycles. The molecule has 2 N–H and O–H groups in total. The molecule has 0 spiro atoms. The first-order chi connectivity index (χ1) is 21.0. The Bertz CT molecular complexity index is 1610. The fourth-order valence-electron chi connectivity index (χ4n) is 4.71. The minimum Gasteiger partial charge on any atom is -0.350 e. The van der Waals surface area contributed by atoms with Crippen LogP contribution in [0, 0.1) is 22.9 Å². The first-order valence-corrected chi connectivity index (χ1v) is 13.7. The monoisotopic (exact) mass is 576 g/mol. The van der Waals surface area contributed by atoms with Crippen LogP contribution >= 0.6 is 0 Å². The summed E-state index contributed by atoms with van der Waals surface area (Å²) in [6.07, 6.45) is 12.3. The van der Waals surface area contributed by atoms with E-state index in [0.717, 1.165) is 29.5 Å². The Balaban J connectivity index is 0.000000171. The van der Waals surface area contributed by atoms with Gasteiger partial charge in [0.2, 0.25) is 11.6 Å². The molecule has 2 aliphatic heterocycles. The molecule has 0 saturated carbocycles. The molecule has 2 fully saturated rings.